The molecular formula is C21H18N2O7S. The highest BCUT2D eigenvalue weighted by Gasteiger charge is 2.33. The third kappa shape index (κ3) is 3.12. The van der Waals surface area contributed by atoms with Crippen molar-refractivity contribution in [3.63, 3.8) is 0 Å². The molecule has 31 heavy (non-hydrogen) atoms. The van der Waals surface area contributed by atoms with Crippen LogP contribution in [0.4, 0.5) is 0 Å². The molecule has 10 heteroatoms. The van der Waals surface area contributed by atoms with Crippen LogP contribution in [-0.4, -0.2) is 42.5 Å². The zero-order valence-corrected chi connectivity index (χ0v) is 17.6. The zero-order chi connectivity index (χ0) is 22.5. The molecule has 160 valence electrons. The number of carboxylic acids is 1. The Morgan fingerprint density at radius 3 is 2.29 bits per heavy atom. The predicted molar refractivity (Wildman–Crippen MR) is 112 cm³/mol. The van der Waals surface area contributed by atoms with Crippen molar-refractivity contribution in [1.82, 2.24) is 9.97 Å². The van der Waals surface area contributed by atoms with Gasteiger partial charge in [-0.15, -0.1) is 0 Å². The van der Waals surface area contributed by atoms with Gasteiger partial charge in [-0.2, -0.15) is 0 Å². The summed E-state index contributed by atoms with van der Waals surface area (Å²) in [6, 6.07) is 9.15. The number of aromatic carboxylic acids is 1. The van der Waals surface area contributed by atoms with E-state index in [1.54, 1.807) is 19.1 Å². The number of aromatic nitrogens is 2. The first-order valence-electron chi connectivity index (χ1n) is 9.13. The Morgan fingerprint density at radius 1 is 1.03 bits per heavy atom. The number of hydrogen-bond acceptors (Lipinski definition) is 6. The number of aryl methyl sites for hydroxylation is 1. The first kappa shape index (κ1) is 20.5. The number of carbonyl (C=O) groups is 2. The molecule has 0 atom stereocenters. The Bertz CT molecular complexity index is 1460. The van der Waals surface area contributed by atoms with Gasteiger partial charge in [0, 0.05) is 23.4 Å². The molecule has 9 nitrogen and oxygen atoms in total. The van der Waals surface area contributed by atoms with Crippen molar-refractivity contribution >= 4 is 43.6 Å². The van der Waals surface area contributed by atoms with E-state index in [4.69, 9.17) is 9.47 Å². The molecule has 4 rings (SSSR count). The number of H-pyrrole nitrogens is 2. The van der Waals surface area contributed by atoms with Crippen molar-refractivity contribution in [3.8, 4) is 11.5 Å². The molecule has 0 radical (unpaired) electrons. The van der Waals surface area contributed by atoms with Crippen LogP contribution in [0.15, 0.2) is 46.3 Å². The molecule has 0 unspecified atom stereocenters. The van der Waals surface area contributed by atoms with E-state index < -0.39 is 32.4 Å². The molecule has 3 N–H and O–H groups in total. The Hall–Kier alpha value is -3.79. The van der Waals surface area contributed by atoms with Gasteiger partial charge in [0.15, 0.2) is 16.5 Å². The number of aromatic amines is 2. The molecule has 2 aromatic carbocycles. The molecule has 0 amide bonds. The number of nitrogens with one attached hydrogen (secondary N) is 2. The lowest BCUT2D eigenvalue weighted by Gasteiger charge is -2.11. The number of esters is 1. The standard InChI is InChI=1S/C21H18N2O7S/c1-10-9-13-14-15(21(25)26)20(31(27,28)12-7-5-4-6-8-12)23-17(14)19(30-11(2)24)18(29-3)16(13)22-10/h4-9,22-23H,1-3H3,(H,25,26). The SMILES string of the molecule is COc1c(OC(C)=O)c2[nH]c(S(=O)(=O)c3ccccc3)c(C(=O)O)c2c2cc(C)[nH]c12. The molecule has 0 saturated carbocycles. The van der Waals surface area contributed by atoms with Gasteiger partial charge < -0.3 is 24.5 Å². The van der Waals surface area contributed by atoms with Crippen LogP contribution in [0.1, 0.15) is 23.0 Å². The number of ether oxygens (including phenoxy) is 2. The first-order chi connectivity index (χ1) is 14.7. The van der Waals surface area contributed by atoms with E-state index in [0.717, 1.165) is 0 Å². The molecule has 0 aliphatic carbocycles. The Morgan fingerprint density at radius 2 is 1.71 bits per heavy atom. The van der Waals surface area contributed by atoms with Crippen LogP contribution in [0, 0.1) is 6.92 Å². The maximum atomic E-state index is 13.3. The van der Waals surface area contributed by atoms with Gasteiger partial charge in [-0.25, -0.2) is 13.2 Å². The van der Waals surface area contributed by atoms with E-state index in [-0.39, 0.29) is 27.3 Å². The van der Waals surface area contributed by atoms with Crippen LogP contribution >= 0.6 is 0 Å². The largest absolute Gasteiger partial charge is 0.491 e. The normalized spacial score (nSPS) is 11.7. The Kier molecular flexibility index (Phi) is 4.74. The van der Waals surface area contributed by atoms with E-state index >= 15 is 0 Å². The number of rotatable bonds is 5. The van der Waals surface area contributed by atoms with Crippen LogP contribution in [0.5, 0.6) is 11.5 Å². The lowest BCUT2D eigenvalue weighted by atomic mass is 10.1. The van der Waals surface area contributed by atoms with Crippen molar-refractivity contribution in [3.05, 3.63) is 47.7 Å². The highest BCUT2D eigenvalue weighted by molar-refractivity contribution is 7.91. The predicted octanol–water partition coefficient (Wildman–Crippen LogP) is 3.42. The lowest BCUT2D eigenvalue weighted by molar-refractivity contribution is -0.131. The van der Waals surface area contributed by atoms with Crippen molar-refractivity contribution in [1.29, 1.82) is 0 Å². The minimum absolute atomic E-state index is 0.0328. The molecule has 0 bridgehead atoms. The molecule has 0 aliphatic heterocycles. The van der Waals surface area contributed by atoms with E-state index in [1.807, 2.05) is 0 Å². The third-order valence-corrected chi connectivity index (χ3v) is 6.57. The lowest BCUT2D eigenvalue weighted by Crippen LogP contribution is -2.08. The van der Waals surface area contributed by atoms with Crippen LogP contribution < -0.4 is 9.47 Å². The summed E-state index contributed by atoms with van der Waals surface area (Å²) in [5.74, 6) is -2.08. The highest BCUT2D eigenvalue weighted by atomic mass is 32.2. The summed E-state index contributed by atoms with van der Waals surface area (Å²) in [6.07, 6.45) is 0. The molecule has 2 aromatic heterocycles. The molecule has 4 aromatic rings. The van der Waals surface area contributed by atoms with Crippen molar-refractivity contribution in [2.24, 2.45) is 0 Å². The number of sulfone groups is 1. The van der Waals surface area contributed by atoms with Gasteiger partial charge in [0.2, 0.25) is 9.84 Å². The number of carbonyl (C=O) groups excluding carboxylic acids is 1. The summed E-state index contributed by atoms with van der Waals surface area (Å²) in [4.78, 5) is 29.7. The van der Waals surface area contributed by atoms with Crippen molar-refractivity contribution in [2.45, 2.75) is 23.8 Å². The van der Waals surface area contributed by atoms with Gasteiger partial charge in [0.1, 0.15) is 5.56 Å². The maximum absolute atomic E-state index is 13.3. The minimum Gasteiger partial charge on any atom is -0.491 e. The van der Waals surface area contributed by atoms with Crippen molar-refractivity contribution < 1.29 is 32.6 Å². The van der Waals surface area contributed by atoms with E-state index in [9.17, 15) is 23.1 Å². The van der Waals surface area contributed by atoms with E-state index in [2.05, 4.69) is 9.97 Å². The molecular weight excluding hydrogens is 424 g/mol. The van der Waals surface area contributed by atoms with Crippen LogP contribution in [0.3, 0.4) is 0 Å². The molecule has 0 spiro atoms. The zero-order valence-electron chi connectivity index (χ0n) is 16.8. The second kappa shape index (κ2) is 7.17. The average molecular weight is 442 g/mol. The smallest absolute Gasteiger partial charge is 0.339 e. The fraction of sp³-hybridized carbons (Fsp3) is 0.143. The molecule has 0 fully saturated rings. The quantitative estimate of drug-likeness (QED) is 0.318. The van der Waals surface area contributed by atoms with Crippen LogP contribution in [0.2, 0.25) is 0 Å². The number of carboxylic acid groups (broad SMARTS) is 1. The summed E-state index contributed by atoms with van der Waals surface area (Å²) in [5.41, 5.74) is 0.651. The number of fused-ring (bicyclic) bond motifs is 3. The summed E-state index contributed by atoms with van der Waals surface area (Å²) < 4.78 is 37.4. The third-order valence-electron chi connectivity index (χ3n) is 4.83. The number of benzene rings is 2. The average Bonchev–Trinajstić information content (AvgIpc) is 3.29. The Labute approximate surface area is 176 Å². The highest BCUT2D eigenvalue weighted by Crippen LogP contribution is 2.46. The summed E-state index contributed by atoms with van der Waals surface area (Å²) in [6.45, 7) is 2.93. The van der Waals surface area contributed by atoms with Gasteiger partial charge in [0.05, 0.1) is 23.0 Å². The van der Waals surface area contributed by atoms with Crippen LogP contribution in [-0.2, 0) is 14.6 Å². The number of hydrogen-bond donors (Lipinski definition) is 3. The second-order valence-corrected chi connectivity index (χ2v) is 8.78. The van der Waals surface area contributed by atoms with E-state index in [0.29, 0.717) is 16.6 Å². The van der Waals surface area contributed by atoms with E-state index in [1.165, 1.54) is 38.3 Å². The first-order valence-corrected chi connectivity index (χ1v) is 10.6. The van der Waals surface area contributed by atoms with Gasteiger partial charge in [-0.1, -0.05) is 18.2 Å². The maximum Gasteiger partial charge on any atom is 0.339 e. The van der Waals surface area contributed by atoms with Gasteiger partial charge in [-0.3, -0.25) is 4.79 Å². The Balaban J connectivity index is 2.23. The fourth-order valence-electron chi connectivity index (χ4n) is 3.67. The van der Waals surface area contributed by atoms with Crippen molar-refractivity contribution in [2.75, 3.05) is 7.11 Å². The minimum atomic E-state index is -4.23. The van der Waals surface area contributed by atoms with Gasteiger partial charge >= 0.3 is 11.9 Å². The summed E-state index contributed by atoms with van der Waals surface area (Å²) in [5, 5.41) is 10.00. The van der Waals surface area contributed by atoms with Crippen LogP contribution in [0.25, 0.3) is 21.8 Å². The molecule has 0 saturated heterocycles. The summed E-state index contributed by atoms with van der Waals surface area (Å²) >= 11 is 0. The number of methoxy groups -OCH3 is 1. The van der Waals surface area contributed by atoms with Gasteiger partial charge in [0.25, 0.3) is 0 Å². The monoisotopic (exact) mass is 442 g/mol. The summed E-state index contributed by atoms with van der Waals surface area (Å²) in [7, 11) is -2.86. The molecule has 2 heterocycles. The van der Waals surface area contributed by atoms with Gasteiger partial charge in [-0.05, 0) is 25.1 Å². The second-order valence-electron chi connectivity index (χ2n) is 6.90. The fourth-order valence-corrected chi connectivity index (χ4v) is 5.11. The topological polar surface area (TPSA) is 139 Å². The molecule has 0 aliphatic rings.